The van der Waals surface area contributed by atoms with Crippen molar-refractivity contribution < 1.29 is 24.5 Å². The number of nitrogens with one attached hydrogen (secondary N) is 1. The lowest BCUT2D eigenvalue weighted by Crippen LogP contribution is -2.46. The first-order valence-electron chi connectivity index (χ1n) is 25.8. The van der Waals surface area contributed by atoms with E-state index in [4.69, 9.17) is 4.74 Å². The van der Waals surface area contributed by atoms with Crippen molar-refractivity contribution >= 4 is 11.9 Å². The maximum absolute atomic E-state index is 13.2. The number of unbranched alkanes of at least 4 members (excludes halogenated alkanes) is 19. The fourth-order valence-corrected chi connectivity index (χ4v) is 7.32. The van der Waals surface area contributed by atoms with Crippen LogP contribution in [0.5, 0.6) is 0 Å². The molecule has 0 aliphatic rings. The smallest absolute Gasteiger partial charge is 0.306 e. The topological polar surface area (TPSA) is 95.9 Å². The molecule has 3 atom stereocenters. The predicted octanol–water partition coefficient (Wildman–Crippen LogP) is 15.6. The zero-order valence-corrected chi connectivity index (χ0v) is 40.5. The summed E-state index contributed by atoms with van der Waals surface area (Å²) in [6, 6.07) is -0.719. The van der Waals surface area contributed by atoms with Crippen LogP contribution in [0.1, 0.15) is 233 Å². The molecule has 6 nitrogen and oxygen atoms in total. The maximum Gasteiger partial charge on any atom is 0.306 e. The van der Waals surface area contributed by atoms with Gasteiger partial charge in [0.15, 0.2) is 0 Å². The lowest BCUT2D eigenvalue weighted by Gasteiger charge is -2.24. The lowest BCUT2D eigenvalue weighted by atomic mass is 10.0. The van der Waals surface area contributed by atoms with Gasteiger partial charge in [-0.1, -0.05) is 209 Å². The number of allylic oxidation sites excluding steroid dienone is 14. The first kappa shape index (κ1) is 59.0. The van der Waals surface area contributed by atoms with Crippen LogP contribution >= 0.6 is 0 Å². The zero-order valence-electron chi connectivity index (χ0n) is 40.5. The molecular formula is C56H97NO5. The fourth-order valence-electron chi connectivity index (χ4n) is 7.32. The number of aliphatic hydroxyl groups excluding tert-OH is 2. The molecule has 0 saturated heterocycles. The van der Waals surface area contributed by atoms with Crippen LogP contribution in [0.25, 0.3) is 0 Å². The van der Waals surface area contributed by atoms with Gasteiger partial charge in [-0.15, -0.1) is 0 Å². The summed E-state index contributed by atoms with van der Waals surface area (Å²) in [7, 11) is 0. The highest BCUT2D eigenvalue weighted by Gasteiger charge is 2.24. The molecule has 0 aliphatic heterocycles. The van der Waals surface area contributed by atoms with Crippen molar-refractivity contribution in [1.82, 2.24) is 5.32 Å². The molecule has 0 aromatic carbocycles. The first-order chi connectivity index (χ1) is 30.5. The molecule has 0 rings (SSSR count). The highest BCUT2D eigenvalue weighted by molar-refractivity contribution is 5.77. The number of ether oxygens (including phenoxy) is 1. The Hall–Kier alpha value is -2.96. The van der Waals surface area contributed by atoms with Crippen LogP contribution < -0.4 is 5.32 Å². The summed E-state index contributed by atoms with van der Waals surface area (Å²) in [5.74, 6) is -0.555. The third-order valence-electron chi connectivity index (χ3n) is 11.2. The van der Waals surface area contributed by atoms with E-state index in [9.17, 15) is 19.8 Å². The molecule has 0 saturated carbocycles. The SMILES string of the molecule is CC/C=C\C/C=C\C/C=C\C/C=C\C/C=C\CCCC(=O)OC(CCCCCCCCC/C=C\C/C=C\CCCCC)CC(=O)NC(CO)C(O)CCCCCCCCCCC. The Kier molecular flexibility index (Phi) is 46.7. The van der Waals surface area contributed by atoms with Crippen LogP contribution in [0.3, 0.4) is 0 Å². The van der Waals surface area contributed by atoms with Crippen LogP contribution in [0, 0.1) is 0 Å². The molecule has 3 unspecified atom stereocenters. The summed E-state index contributed by atoms with van der Waals surface area (Å²) in [6.07, 6.45) is 63.6. The van der Waals surface area contributed by atoms with Crippen molar-refractivity contribution in [3.63, 3.8) is 0 Å². The Labute approximate surface area is 383 Å². The van der Waals surface area contributed by atoms with Crippen molar-refractivity contribution in [2.75, 3.05) is 6.61 Å². The second-order valence-electron chi connectivity index (χ2n) is 17.2. The largest absolute Gasteiger partial charge is 0.462 e. The number of aliphatic hydroxyl groups is 2. The van der Waals surface area contributed by atoms with Crippen LogP contribution in [0.2, 0.25) is 0 Å². The van der Waals surface area contributed by atoms with Gasteiger partial charge in [-0.2, -0.15) is 0 Å². The molecule has 0 aliphatic carbocycles. The molecule has 0 fully saturated rings. The highest BCUT2D eigenvalue weighted by atomic mass is 16.5. The molecule has 0 heterocycles. The highest BCUT2D eigenvalue weighted by Crippen LogP contribution is 2.17. The Morgan fingerprint density at radius 1 is 0.484 bits per heavy atom. The van der Waals surface area contributed by atoms with E-state index in [2.05, 4.69) is 111 Å². The van der Waals surface area contributed by atoms with E-state index in [1.54, 1.807) is 0 Å². The summed E-state index contributed by atoms with van der Waals surface area (Å²) in [6.45, 7) is 6.31. The monoisotopic (exact) mass is 864 g/mol. The molecule has 0 aromatic heterocycles. The molecule has 356 valence electrons. The Morgan fingerprint density at radius 3 is 1.35 bits per heavy atom. The van der Waals surface area contributed by atoms with Crippen molar-refractivity contribution in [2.24, 2.45) is 0 Å². The van der Waals surface area contributed by atoms with Gasteiger partial charge in [-0.05, 0) is 96.3 Å². The van der Waals surface area contributed by atoms with E-state index in [-0.39, 0.29) is 24.9 Å². The summed E-state index contributed by atoms with van der Waals surface area (Å²) < 4.78 is 5.90. The van der Waals surface area contributed by atoms with E-state index in [0.29, 0.717) is 25.7 Å². The van der Waals surface area contributed by atoms with Crippen LogP contribution in [0.15, 0.2) is 85.1 Å². The van der Waals surface area contributed by atoms with E-state index in [1.807, 2.05) is 0 Å². The number of esters is 1. The van der Waals surface area contributed by atoms with Gasteiger partial charge < -0.3 is 20.3 Å². The van der Waals surface area contributed by atoms with E-state index < -0.39 is 18.2 Å². The standard InChI is InChI=1S/C56H97NO5/c1-4-7-10-13-16-19-21-23-25-27-29-31-33-36-38-41-44-47-52(50-55(60)57-53(51-58)54(59)48-45-42-39-35-18-15-12-9-6-3)62-56(61)49-46-43-40-37-34-32-30-28-26-24-22-20-17-14-11-8-5-2/h8,11,16-17,19-20,23-26,30,32,37,40,52-54,58-59H,4-7,9-10,12-15,18,21-22,27-29,31,33-36,38-39,41-51H2,1-3H3,(H,57,60)/b11-8-,19-16-,20-17-,25-23-,26-24-,32-30-,40-37-. The van der Waals surface area contributed by atoms with Crippen LogP contribution in [-0.2, 0) is 14.3 Å². The number of carbonyl (C=O) groups excluding carboxylic acids is 2. The third kappa shape index (κ3) is 43.7. The summed E-state index contributed by atoms with van der Waals surface area (Å²) in [4.78, 5) is 26.1. The minimum absolute atomic E-state index is 0.0456. The Bertz CT molecular complexity index is 1200. The molecule has 0 bridgehead atoms. The van der Waals surface area contributed by atoms with Gasteiger partial charge >= 0.3 is 5.97 Å². The Morgan fingerprint density at radius 2 is 0.871 bits per heavy atom. The number of hydrogen-bond acceptors (Lipinski definition) is 5. The van der Waals surface area contributed by atoms with Gasteiger partial charge in [0, 0.05) is 6.42 Å². The maximum atomic E-state index is 13.2. The van der Waals surface area contributed by atoms with Crippen molar-refractivity contribution in [3.05, 3.63) is 85.1 Å². The predicted molar refractivity (Wildman–Crippen MR) is 268 cm³/mol. The van der Waals surface area contributed by atoms with Gasteiger partial charge in [-0.3, -0.25) is 9.59 Å². The minimum atomic E-state index is -0.802. The molecule has 1 amide bonds. The molecule has 0 radical (unpaired) electrons. The minimum Gasteiger partial charge on any atom is -0.462 e. The van der Waals surface area contributed by atoms with Crippen LogP contribution in [0.4, 0.5) is 0 Å². The van der Waals surface area contributed by atoms with Gasteiger partial charge in [0.2, 0.25) is 5.91 Å². The second-order valence-corrected chi connectivity index (χ2v) is 17.2. The van der Waals surface area contributed by atoms with E-state index in [1.165, 1.54) is 89.9 Å². The molecule has 6 heteroatoms. The number of carbonyl (C=O) groups is 2. The summed E-state index contributed by atoms with van der Waals surface area (Å²) >= 11 is 0. The van der Waals surface area contributed by atoms with Gasteiger partial charge in [0.25, 0.3) is 0 Å². The van der Waals surface area contributed by atoms with Gasteiger partial charge in [0.05, 0.1) is 25.2 Å². The number of amides is 1. The summed E-state index contributed by atoms with van der Waals surface area (Å²) in [5, 5.41) is 23.7. The zero-order chi connectivity index (χ0) is 45.2. The quantitative estimate of drug-likeness (QED) is 0.0322. The van der Waals surface area contributed by atoms with Crippen LogP contribution in [-0.4, -0.2) is 46.9 Å². The number of hydrogen-bond donors (Lipinski definition) is 3. The summed E-state index contributed by atoms with van der Waals surface area (Å²) in [5.41, 5.74) is 0. The molecule has 0 spiro atoms. The Balaban J connectivity index is 4.70. The molecular weight excluding hydrogens is 767 g/mol. The van der Waals surface area contributed by atoms with Crippen molar-refractivity contribution in [1.29, 1.82) is 0 Å². The fraction of sp³-hybridized carbons (Fsp3) is 0.714. The van der Waals surface area contributed by atoms with Gasteiger partial charge in [0.1, 0.15) is 6.10 Å². The average Bonchev–Trinajstić information content (AvgIpc) is 3.26. The first-order valence-corrected chi connectivity index (χ1v) is 25.8. The molecule has 0 aromatic rings. The van der Waals surface area contributed by atoms with E-state index in [0.717, 1.165) is 89.9 Å². The second kappa shape index (κ2) is 49.1. The normalized spacial score (nSPS) is 14.0. The number of rotatable bonds is 45. The van der Waals surface area contributed by atoms with Crippen molar-refractivity contribution in [2.45, 2.75) is 251 Å². The van der Waals surface area contributed by atoms with Crippen molar-refractivity contribution in [3.8, 4) is 0 Å². The third-order valence-corrected chi connectivity index (χ3v) is 11.2. The van der Waals surface area contributed by atoms with E-state index >= 15 is 0 Å². The average molecular weight is 864 g/mol. The van der Waals surface area contributed by atoms with Gasteiger partial charge in [-0.25, -0.2) is 0 Å². The molecule has 62 heavy (non-hydrogen) atoms. The lowest BCUT2D eigenvalue weighted by molar-refractivity contribution is -0.151. The molecule has 3 N–H and O–H groups in total.